The third kappa shape index (κ3) is 4.18. The number of hydrogen-bond acceptors (Lipinski definition) is 3. The predicted octanol–water partition coefficient (Wildman–Crippen LogP) is 2.34. The van der Waals surface area contributed by atoms with Gasteiger partial charge >= 0.3 is 6.18 Å². The van der Waals surface area contributed by atoms with Crippen molar-refractivity contribution in [3.8, 4) is 0 Å². The number of nitrogens with zero attached hydrogens (tertiary/aromatic N) is 1. The van der Waals surface area contributed by atoms with Crippen LogP contribution in [-0.2, 0) is 16.6 Å². The quantitative estimate of drug-likeness (QED) is 0.904. The molecule has 0 amide bonds. The van der Waals surface area contributed by atoms with Crippen molar-refractivity contribution in [2.24, 2.45) is 5.73 Å². The fraction of sp³-hybridized carbons (Fsp3) is 0.538. The number of nitrogens with two attached hydrogens (primary N) is 1. The van der Waals surface area contributed by atoms with E-state index in [1.807, 2.05) is 0 Å². The van der Waals surface area contributed by atoms with Crippen LogP contribution in [0.15, 0.2) is 17.0 Å². The fourth-order valence-corrected chi connectivity index (χ4v) is 3.77. The maximum absolute atomic E-state index is 12.5. The molecule has 8 heteroatoms. The summed E-state index contributed by atoms with van der Waals surface area (Å²) in [5, 5.41) is 0. The lowest BCUT2D eigenvalue weighted by Gasteiger charge is -2.23. The van der Waals surface area contributed by atoms with Gasteiger partial charge in [-0.05, 0) is 36.6 Å². The summed E-state index contributed by atoms with van der Waals surface area (Å²) in [7, 11) is -4.21. The van der Waals surface area contributed by atoms with Crippen molar-refractivity contribution >= 4 is 10.0 Å². The van der Waals surface area contributed by atoms with Gasteiger partial charge in [0.2, 0.25) is 10.0 Å². The largest absolute Gasteiger partial charge is 0.402 e. The Morgan fingerprint density at radius 2 is 1.81 bits per heavy atom. The molecule has 0 aliphatic carbocycles. The lowest BCUT2D eigenvalue weighted by molar-refractivity contribution is -0.135. The van der Waals surface area contributed by atoms with E-state index in [1.54, 1.807) is 19.9 Å². The van der Waals surface area contributed by atoms with Crippen LogP contribution >= 0.6 is 0 Å². The van der Waals surface area contributed by atoms with Gasteiger partial charge in [0.05, 0.1) is 4.90 Å². The molecule has 0 saturated carbocycles. The maximum Gasteiger partial charge on any atom is 0.402 e. The monoisotopic (exact) mass is 324 g/mol. The molecule has 0 unspecified atom stereocenters. The van der Waals surface area contributed by atoms with Crippen LogP contribution in [0.2, 0.25) is 0 Å². The third-order valence-corrected chi connectivity index (χ3v) is 5.29. The number of benzene rings is 1. The molecule has 0 atom stereocenters. The van der Waals surface area contributed by atoms with Crippen LogP contribution in [0, 0.1) is 13.8 Å². The van der Waals surface area contributed by atoms with Gasteiger partial charge in [-0.2, -0.15) is 17.5 Å². The first-order valence-electron chi connectivity index (χ1n) is 6.40. The van der Waals surface area contributed by atoms with E-state index >= 15 is 0 Å². The Balaban J connectivity index is 3.38. The molecule has 120 valence electrons. The van der Waals surface area contributed by atoms with Crippen molar-refractivity contribution in [3.05, 3.63) is 28.8 Å². The minimum atomic E-state index is -4.59. The van der Waals surface area contributed by atoms with E-state index in [2.05, 4.69) is 0 Å². The number of aryl methyl sites for hydroxylation is 1. The van der Waals surface area contributed by atoms with Crippen LogP contribution in [0.1, 0.15) is 23.6 Å². The summed E-state index contributed by atoms with van der Waals surface area (Å²) in [6.07, 6.45) is -4.59. The number of sulfonamides is 1. The molecule has 21 heavy (non-hydrogen) atoms. The zero-order valence-electron chi connectivity index (χ0n) is 12.2. The molecule has 0 heterocycles. The molecule has 4 nitrogen and oxygen atoms in total. The molecule has 1 aromatic rings. The van der Waals surface area contributed by atoms with Gasteiger partial charge in [-0.1, -0.05) is 13.0 Å². The number of alkyl halides is 3. The molecule has 2 N–H and O–H groups in total. The molecule has 1 rings (SSSR count). The standard InChI is InChI=1S/C13H19F3N2O2S/c1-4-18(8-13(14,15)16)21(19,20)12-6-11(7-17)5-9(2)10(12)3/h5-6H,4,7-8,17H2,1-3H3. The van der Waals surface area contributed by atoms with E-state index in [0.29, 0.717) is 21.0 Å². The summed E-state index contributed by atoms with van der Waals surface area (Å²) in [4.78, 5) is -0.117. The molecule has 0 aromatic heterocycles. The van der Waals surface area contributed by atoms with Crippen LogP contribution < -0.4 is 5.73 Å². The summed E-state index contributed by atoms with van der Waals surface area (Å²) in [6.45, 7) is 3.01. The molecule has 0 fully saturated rings. The van der Waals surface area contributed by atoms with E-state index in [4.69, 9.17) is 5.73 Å². The Morgan fingerprint density at radius 1 is 1.24 bits per heavy atom. The fourth-order valence-electron chi connectivity index (χ4n) is 1.99. The minimum absolute atomic E-state index is 0.117. The second-order valence-corrected chi connectivity index (χ2v) is 6.69. The van der Waals surface area contributed by atoms with Crippen LogP contribution in [0.4, 0.5) is 13.2 Å². The summed E-state index contributed by atoms with van der Waals surface area (Å²) in [5.74, 6) is 0. The zero-order chi connectivity index (χ0) is 16.4. The minimum Gasteiger partial charge on any atom is -0.326 e. The molecule has 0 aliphatic heterocycles. The van der Waals surface area contributed by atoms with E-state index in [9.17, 15) is 21.6 Å². The second kappa shape index (κ2) is 6.33. The highest BCUT2D eigenvalue weighted by Gasteiger charge is 2.36. The van der Waals surface area contributed by atoms with E-state index in [1.165, 1.54) is 13.0 Å². The van der Waals surface area contributed by atoms with E-state index in [0.717, 1.165) is 0 Å². The van der Waals surface area contributed by atoms with Crippen LogP contribution in [0.3, 0.4) is 0 Å². The van der Waals surface area contributed by atoms with Crippen molar-refractivity contribution in [1.82, 2.24) is 4.31 Å². The molecule has 0 bridgehead atoms. The van der Waals surface area contributed by atoms with Gasteiger partial charge in [0, 0.05) is 13.1 Å². The second-order valence-electron chi connectivity index (χ2n) is 4.79. The van der Waals surface area contributed by atoms with Crippen molar-refractivity contribution in [3.63, 3.8) is 0 Å². The first-order chi connectivity index (χ1) is 9.52. The van der Waals surface area contributed by atoms with Gasteiger partial charge in [0.1, 0.15) is 6.54 Å². The zero-order valence-corrected chi connectivity index (χ0v) is 13.0. The SMILES string of the molecule is CCN(CC(F)(F)F)S(=O)(=O)c1cc(CN)cc(C)c1C. The third-order valence-electron chi connectivity index (χ3n) is 3.24. The van der Waals surface area contributed by atoms with E-state index < -0.39 is 22.7 Å². The molecule has 0 aliphatic rings. The summed E-state index contributed by atoms with van der Waals surface area (Å²) in [5.41, 5.74) is 7.19. The average Bonchev–Trinajstić information content (AvgIpc) is 2.37. The Morgan fingerprint density at radius 3 is 2.24 bits per heavy atom. The van der Waals surface area contributed by atoms with Gasteiger partial charge in [0.15, 0.2) is 0 Å². The Bertz CT molecular complexity index is 613. The number of hydrogen-bond donors (Lipinski definition) is 1. The Labute approximate surface area is 122 Å². The predicted molar refractivity (Wildman–Crippen MR) is 74.3 cm³/mol. The molecule has 1 aromatic carbocycles. The van der Waals surface area contributed by atoms with Crippen molar-refractivity contribution in [2.45, 2.75) is 38.4 Å². The number of halogens is 3. The average molecular weight is 324 g/mol. The van der Waals surface area contributed by atoms with E-state index in [-0.39, 0.29) is 18.0 Å². The maximum atomic E-state index is 12.5. The van der Waals surface area contributed by atoms with Crippen molar-refractivity contribution < 1.29 is 21.6 Å². The number of rotatable bonds is 5. The van der Waals surface area contributed by atoms with Gasteiger partial charge in [-0.3, -0.25) is 0 Å². The van der Waals surface area contributed by atoms with Gasteiger partial charge in [-0.25, -0.2) is 8.42 Å². The van der Waals surface area contributed by atoms with Gasteiger partial charge in [-0.15, -0.1) is 0 Å². The van der Waals surface area contributed by atoms with Gasteiger partial charge in [0.25, 0.3) is 0 Å². The lowest BCUT2D eigenvalue weighted by atomic mass is 10.1. The molecule has 0 radical (unpaired) electrons. The topological polar surface area (TPSA) is 63.4 Å². The Hall–Kier alpha value is -1.12. The summed E-state index contributed by atoms with van der Waals surface area (Å²) < 4.78 is 63.0. The molecular formula is C13H19F3N2O2S. The highest BCUT2D eigenvalue weighted by molar-refractivity contribution is 7.89. The highest BCUT2D eigenvalue weighted by atomic mass is 32.2. The first kappa shape index (κ1) is 17.9. The summed E-state index contributed by atoms with van der Waals surface area (Å²) in [6, 6.07) is 3.07. The normalized spacial score (nSPS) is 13.0. The van der Waals surface area contributed by atoms with Crippen LogP contribution in [0.25, 0.3) is 0 Å². The first-order valence-corrected chi connectivity index (χ1v) is 7.84. The van der Waals surface area contributed by atoms with Crippen molar-refractivity contribution in [1.29, 1.82) is 0 Å². The van der Waals surface area contributed by atoms with Crippen molar-refractivity contribution in [2.75, 3.05) is 13.1 Å². The lowest BCUT2D eigenvalue weighted by Crippen LogP contribution is -2.39. The van der Waals surface area contributed by atoms with Gasteiger partial charge < -0.3 is 5.73 Å². The summed E-state index contributed by atoms with van der Waals surface area (Å²) >= 11 is 0. The molecule has 0 saturated heterocycles. The van der Waals surface area contributed by atoms with Crippen LogP contribution in [0.5, 0.6) is 0 Å². The molecular weight excluding hydrogens is 305 g/mol. The molecule has 0 spiro atoms. The smallest absolute Gasteiger partial charge is 0.326 e. The highest BCUT2D eigenvalue weighted by Crippen LogP contribution is 2.27. The van der Waals surface area contributed by atoms with Crippen LogP contribution in [-0.4, -0.2) is 32.0 Å². The Kier molecular flexibility index (Phi) is 5.40.